The molecular weight excluding hydrogens is 290 g/mol. The fraction of sp³-hybridized carbons (Fsp3) is 0.214. The van der Waals surface area contributed by atoms with Crippen molar-refractivity contribution in [2.75, 3.05) is 0 Å². The van der Waals surface area contributed by atoms with E-state index in [0.717, 1.165) is 21.7 Å². The summed E-state index contributed by atoms with van der Waals surface area (Å²) < 4.78 is 1.37. The van der Waals surface area contributed by atoms with Crippen LogP contribution in [0.2, 0.25) is 0 Å². The van der Waals surface area contributed by atoms with Crippen LogP contribution in [0.3, 0.4) is 0 Å². The summed E-state index contributed by atoms with van der Waals surface area (Å²) in [7, 11) is 0. The molecule has 0 bridgehead atoms. The topological polar surface area (TPSA) is 58.7 Å². The van der Waals surface area contributed by atoms with Gasteiger partial charge in [0.05, 0.1) is 11.5 Å². The molecule has 0 radical (unpaired) electrons. The van der Waals surface area contributed by atoms with Crippen molar-refractivity contribution in [3.05, 3.63) is 39.1 Å². The lowest BCUT2D eigenvalue weighted by Gasteiger charge is -2.01. The zero-order valence-corrected chi connectivity index (χ0v) is 12.4. The van der Waals surface area contributed by atoms with Crippen LogP contribution in [0.4, 0.5) is 0 Å². The highest BCUT2D eigenvalue weighted by atomic mass is 32.1. The standard InChI is InChI=1S/C14H11N3OS2/c1-2-9-11(10-4-3-7-19-10)12-13(20-9)16-8-17(6-5-15)14(12)18/h3-4,7-8H,2,6H2,1H3. The predicted octanol–water partition coefficient (Wildman–Crippen LogP) is 3.27. The minimum absolute atomic E-state index is 0.0307. The number of thiophene rings is 2. The zero-order valence-electron chi connectivity index (χ0n) is 10.8. The normalized spacial score (nSPS) is 10.8. The number of hydrogen-bond donors (Lipinski definition) is 0. The molecule has 0 aliphatic rings. The Balaban J connectivity index is 2.39. The summed E-state index contributed by atoms with van der Waals surface area (Å²) >= 11 is 3.18. The van der Waals surface area contributed by atoms with Gasteiger partial charge < -0.3 is 0 Å². The van der Waals surface area contributed by atoms with E-state index >= 15 is 0 Å². The summed E-state index contributed by atoms with van der Waals surface area (Å²) in [6.45, 7) is 2.11. The maximum absolute atomic E-state index is 12.5. The highest BCUT2D eigenvalue weighted by Gasteiger charge is 2.18. The average Bonchev–Trinajstić information content (AvgIpc) is 3.08. The van der Waals surface area contributed by atoms with Crippen molar-refractivity contribution in [2.45, 2.75) is 19.9 Å². The molecule has 0 fully saturated rings. The Bertz CT molecular complexity index is 853. The molecule has 0 spiro atoms. The maximum Gasteiger partial charge on any atom is 0.263 e. The van der Waals surface area contributed by atoms with Crippen molar-refractivity contribution in [1.82, 2.24) is 9.55 Å². The fourth-order valence-electron chi connectivity index (χ4n) is 2.19. The van der Waals surface area contributed by atoms with Crippen molar-refractivity contribution in [1.29, 1.82) is 5.26 Å². The quantitative estimate of drug-likeness (QED) is 0.746. The van der Waals surface area contributed by atoms with Gasteiger partial charge in [0.1, 0.15) is 17.7 Å². The SMILES string of the molecule is CCc1sc2ncn(CC#N)c(=O)c2c1-c1cccs1. The van der Waals surface area contributed by atoms with Crippen LogP contribution in [0.5, 0.6) is 0 Å². The van der Waals surface area contributed by atoms with Crippen molar-refractivity contribution < 1.29 is 0 Å². The Hall–Kier alpha value is -1.97. The summed E-state index contributed by atoms with van der Waals surface area (Å²) in [5, 5.41) is 11.4. The average molecular weight is 301 g/mol. The Morgan fingerprint density at radius 3 is 3.00 bits per heavy atom. The molecule has 0 atom stereocenters. The number of nitriles is 1. The molecule has 100 valence electrons. The van der Waals surface area contributed by atoms with Crippen molar-refractivity contribution in [3.8, 4) is 16.5 Å². The Morgan fingerprint density at radius 1 is 1.50 bits per heavy atom. The number of rotatable bonds is 3. The van der Waals surface area contributed by atoms with E-state index in [2.05, 4.69) is 11.9 Å². The molecule has 0 unspecified atom stereocenters. The molecule has 0 N–H and O–H groups in total. The van der Waals surface area contributed by atoms with Crippen LogP contribution < -0.4 is 5.56 Å². The first-order chi connectivity index (χ1) is 9.76. The van der Waals surface area contributed by atoms with Crippen molar-refractivity contribution in [2.24, 2.45) is 0 Å². The molecule has 6 heteroatoms. The third-order valence-corrected chi connectivity index (χ3v) is 5.21. The Kier molecular flexibility index (Phi) is 3.38. The van der Waals surface area contributed by atoms with Crippen LogP contribution in [0.1, 0.15) is 11.8 Å². The van der Waals surface area contributed by atoms with Gasteiger partial charge in [-0.05, 0) is 17.9 Å². The largest absolute Gasteiger partial charge is 0.285 e. The molecule has 3 rings (SSSR count). The van der Waals surface area contributed by atoms with Crippen LogP contribution in [-0.2, 0) is 13.0 Å². The van der Waals surface area contributed by atoms with Gasteiger partial charge in [-0.15, -0.1) is 22.7 Å². The van der Waals surface area contributed by atoms with Gasteiger partial charge >= 0.3 is 0 Å². The second-order valence-corrected chi connectivity index (χ2v) is 6.28. The second-order valence-electron chi connectivity index (χ2n) is 4.25. The molecule has 0 amide bonds. The summed E-state index contributed by atoms with van der Waals surface area (Å²) in [5.41, 5.74) is 0.864. The first-order valence-corrected chi connectivity index (χ1v) is 7.87. The lowest BCUT2D eigenvalue weighted by Crippen LogP contribution is -2.19. The molecule has 0 saturated carbocycles. The van der Waals surface area contributed by atoms with E-state index in [1.165, 1.54) is 15.8 Å². The van der Waals surface area contributed by atoms with Crippen LogP contribution in [0.25, 0.3) is 20.7 Å². The smallest absolute Gasteiger partial charge is 0.263 e. The molecule has 0 aliphatic heterocycles. The number of aromatic nitrogens is 2. The third kappa shape index (κ3) is 1.96. The second kappa shape index (κ2) is 5.19. The van der Waals surface area contributed by atoms with Gasteiger partial charge in [0.15, 0.2) is 0 Å². The lowest BCUT2D eigenvalue weighted by atomic mass is 10.1. The Labute approximate surface area is 123 Å². The highest BCUT2D eigenvalue weighted by Crippen LogP contribution is 2.38. The molecule has 3 heterocycles. The van der Waals surface area contributed by atoms with Gasteiger partial charge in [0.25, 0.3) is 5.56 Å². The number of hydrogen-bond acceptors (Lipinski definition) is 5. The molecule has 4 nitrogen and oxygen atoms in total. The van der Waals surface area contributed by atoms with Gasteiger partial charge in [0.2, 0.25) is 0 Å². The van der Waals surface area contributed by atoms with E-state index in [1.54, 1.807) is 22.7 Å². The van der Waals surface area contributed by atoms with Crippen LogP contribution >= 0.6 is 22.7 Å². The van der Waals surface area contributed by atoms with E-state index < -0.39 is 0 Å². The van der Waals surface area contributed by atoms with Crippen molar-refractivity contribution in [3.63, 3.8) is 0 Å². The first kappa shape index (κ1) is 13.0. The molecule has 3 aromatic rings. The van der Waals surface area contributed by atoms with Gasteiger partial charge in [0, 0.05) is 15.3 Å². The molecule has 0 aliphatic carbocycles. The van der Waals surface area contributed by atoms with Gasteiger partial charge in [-0.2, -0.15) is 5.26 Å². The van der Waals surface area contributed by atoms with Crippen LogP contribution in [-0.4, -0.2) is 9.55 Å². The number of aryl methyl sites for hydroxylation is 1. The number of fused-ring (bicyclic) bond motifs is 1. The van der Waals surface area contributed by atoms with E-state index in [4.69, 9.17) is 5.26 Å². The van der Waals surface area contributed by atoms with Gasteiger partial charge in [-0.3, -0.25) is 9.36 Å². The summed E-state index contributed by atoms with van der Waals surface area (Å²) in [6.07, 6.45) is 2.33. The third-order valence-electron chi connectivity index (χ3n) is 3.08. The van der Waals surface area contributed by atoms with E-state index in [0.29, 0.717) is 5.39 Å². The molecule has 0 saturated heterocycles. The minimum atomic E-state index is -0.129. The summed E-state index contributed by atoms with van der Waals surface area (Å²) in [5.74, 6) is 0. The zero-order chi connectivity index (χ0) is 14.1. The lowest BCUT2D eigenvalue weighted by molar-refractivity contribution is 0.777. The summed E-state index contributed by atoms with van der Waals surface area (Å²) in [4.78, 5) is 19.9. The number of nitrogens with zero attached hydrogens (tertiary/aromatic N) is 3. The molecule has 0 aromatic carbocycles. The van der Waals surface area contributed by atoms with Crippen molar-refractivity contribution >= 4 is 32.9 Å². The van der Waals surface area contributed by atoms with Gasteiger partial charge in [-0.25, -0.2) is 4.98 Å². The highest BCUT2D eigenvalue weighted by molar-refractivity contribution is 7.20. The molecule has 20 heavy (non-hydrogen) atoms. The van der Waals surface area contributed by atoms with E-state index in [9.17, 15) is 4.79 Å². The van der Waals surface area contributed by atoms with E-state index in [-0.39, 0.29) is 12.1 Å². The van der Waals surface area contributed by atoms with Crippen LogP contribution in [0.15, 0.2) is 28.6 Å². The van der Waals surface area contributed by atoms with E-state index in [1.807, 2.05) is 23.6 Å². The predicted molar refractivity (Wildman–Crippen MR) is 82.2 cm³/mol. The molecule has 3 aromatic heterocycles. The summed E-state index contributed by atoms with van der Waals surface area (Å²) in [6, 6.07) is 5.99. The monoisotopic (exact) mass is 301 g/mol. The Morgan fingerprint density at radius 2 is 2.35 bits per heavy atom. The maximum atomic E-state index is 12.5. The van der Waals surface area contributed by atoms with Crippen LogP contribution in [0, 0.1) is 11.3 Å². The molecular formula is C14H11N3OS2. The first-order valence-electron chi connectivity index (χ1n) is 6.18. The van der Waals surface area contributed by atoms with Gasteiger partial charge in [-0.1, -0.05) is 13.0 Å². The minimum Gasteiger partial charge on any atom is -0.285 e. The fourth-order valence-corrected chi connectivity index (χ4v) is 4.14.